The van der Waals surface area contributed by atoms with Gasteiger partial charge >= 0.3 is 5.97 Å². The number of ether oxygens (including phenoxy) is 1. The van der Waals surface area contributed by atoms with Crippen molar-refractivity contribution in [3.8, 4) is 0 Å². The van der Waals surface area contributed by atoms with Crippen LogP contribution in [0.5, 0.6) is 0 Å². The summed E-state index contributed by atoms with van der Waals surface area (Å²) in [7, 11) is 0. The van der Waals surface area contributed by atoms with Crippen LogP contribution in [-0.2, 0) is 9.53 Å². The molecule has 3 nitrogen and oxygen atoms in total. The summed E-state index contributed by atoms with van der Waals surface area (Å²) in [6, 6.07) is 0. The number of aliphatic hydroxyl groups is 1. The molecule has 0 rings (SSSR count). The molecule has 4 heteroatoms. The number of carbonyl (C=O) groups is 1. The van der Waals surface area contributed by atoms with E-state index in [-0.39, 0.29) is 11.7 Å². The van der Waals surface area contributed by atoms with Crippen molar-refractivity contribution in [2.45, 2.75) is 64.2 Å². The quantitative estimate of drug-likeness (QED) is 0.308. The third-order valence-electron chi connectivity index (χ3n) is 2.94. The number of unbranched alkanes of at least 4 members (excludes halogenated alkanes) is 9. The number of hydrogen-bond acceptors (Lipinski definition) is 4. The molecule has 0 aliphatic carbocycles. The Morgan fingerprint density at radius 2 is 1.28 bits per heavy atom. The minimum atomic E-state index is -0.221. The van der Waals surface area contributed by atoms with Crippen molar-refractivity contribution in [1.82, 2.24) is 0 Å². The Balaban J connectivity index is 2.97. The second kappa shape index (κ2) is 14.8. The van der Waals surface area contributed by atoms with E-state index in [2.05, 4.69) is 12.6 Å². The third kappa shape index (κ3) is 13.8. The molecule has 0 heterocycles. The standard InChI is InChI=1S/C14H28O3S/c15-11-9-7-5-3-1-2-4-6-8-10-12-17-14(16)13-18/h15,18H,1-13H2. The first kappa shape index (κ1) is 17.8. The summed E-state index contributed by atoms with van der Waals surface area (Å²) in [6.07, 6.45) is 11.9. The Labute approximate surface area is 117 Å². The van der Waals surface area contributed by atoms with Crippen LogP contribution < -0.4 is 0 Å². The topological polar surface area (TPSA) is 46.5 Å². The van der Waals surface area contributed by atoms with E-state index >= 15 is 0 Å². The summed E-state index contributed by atoms with van der Waals surface area (Å²) >= 11 is 3.84. The average molecular weight is 276 g/mol. The van der Waals surface area contributed by atoms with Gasteiger partial charge in [0, 0.05) is 6.61 Å². The number of rotatable bonds is 13. The molecule has 1 N–H and O–H groups in total. The monoisotopic (exact) mass is 276 g/mol. The maximum absolute atomic E-state index is 10.8. The molecule has 0 bridgehead atoms. The first-order valence-corrected chi connectivity index (χ1v) is 7.82. The summed E-state index contributed by atoms with van der Waals surface area (Å²) in [5.74, 6) is -0.0442. The highest BCUT2D eigenvalue weighted by atomic mass is 32.1. The molecule has 0 saturated heterocycles. The van der Waals surface area contributed by atoms with E-state index in [1.54, 1.807) is 0 Å². The van der Waals surface area contributed by atoms with Crippen LogP contribution >= 0.6 is 12.6 Å². The van der Waals surface area contributed by atoms with Gasteiger partial charge in [-0.05, 0) is 12.8 Å². The predicted molar refractivity (Wildman–Crippen MR) is 78.1 cm³/mol. The molecule has 0 saturated carbocycles. The second-order valence-electron chi connectivity index (χ2n) is 4.64. The van der Waals surface area contributed by atoms with Crippen molar-refractivity contribution >= 4 is 18.6 Å². The summed E-state index contributed by atoms with van der Waals surface area (Å²) < 4.78 is 4.94. The zero-order chi connectivity index (χ0) is 13.5. The van der Waals surface area contributed by atoms with Gasteiger partial charge in [0.05, 0.1) is 12.4 Å². The zero-order valence-corrected chi connectivity index (χ0v) is 12.3. The fourth-order valence-electron chi connectivity index (χ4n) is 1.86. The number of hydrogen-bond donors (Lipinski definition) is 2. The van der Waals surface area contributed by atoms with Crippen LogP contribution in [0.15, 0.2) is 0 Å². The van der Waals surface area contributed by atoms with Crippen LogP contribution in [0.4, 0.5) is 0 Å². The molecule has 0 aromatic heterocycles. The SMILES string of the molecule is O=C(CS)OCCCCCCCCCCCCO. The highest BCUT2D eigenvalue weighted by molar-refractivity contribution is 7.81. The van der Waals surface area contributed by atoms with Gasteiger partial charge in [-0.15, -0.1) is 0 Å². The summed E-state index contributed by atoms with van der Waals surface area (Å²) in [5.41, 5.74) is 0. The van der Waals surface area contributed by atoms with Crippen LogP contribution in [-0.4, -0.2) is 30.0 Å². The van der Waals surface area contributed by atoms with E-state index in [4.69, 9.17) is 9.84 Å². The maximum Gasteiger partial charge on any atom is 0.315 e. The lowest BCUT2D eigenvalue weighted by Crippen LogP contribution is -2.06. The van der Waals surface area contributed by atoms with E-state index in [0.717, 1.165) is 25.7 Å². The molecule has 0 unspecified atom stereocenters. The van der Waals surface area contributed by atoms with Crippen LogP contribution in [0.3, 0.4) is 0 Å². The Morgan fingerprint density at radius 1 is 0.833 bits per heavy atom. The molecule has 0 atom stereocenters. The van der Waals surface area contributed by atoms with Gasteiger partial charge in [-0.3, -0.25) is 4.79 Å². The van der Waals surface area contributed by atoms with E-state index in [0.29, 0.717) is 13.2 Å². The molecule has 18 heavy (non-hydrogen) atoms. The van der Waals surface area contributed by atoms with Gasteiger partial charge in [-0.25, -0.2) is 0 Å². The molecule has 0 spiro atoms. The van der Waals surface area contributed by atoms with Gasteiger partial charge in [0.1, 0.15) is 0 Å². The van der Waals surface area contributed by atoms with Gasteiger partial charge in [-0.1, -0.05) is 51.4 Å². The second-order valence-corrected chi connectivity index (χ2v) is 4.95. The molecule has 108 valence electrons. The van der Waals surface area contributed by atoms with Crippen molar-refractivity contribution < 1.29 is 14.6 Å². The molecule has 0 aliphatic heterocycles. The van der Waals surface area contributed by atoms with Crippen LogP contribution in [0.25, 0.3) is 0 Å². The fraction of sp³-hybridized carbons (Fsp3) is 0.929. The number of esters is 1. The van der Waals surface area contributed by atoms with Gasteiger partial charge in [0.25, 0.3) is 0 Å². The van der Waals surface area contributed by atoms with Crippen LogP contribution in [0.1, 0.15) is 64.2 Å². The molecular formula is C14H28O3S. The Hall–Kier alpha value is -0.220. The smallest absolute Gasteiger partial charge is 0.315 e. The van der Waals surface area contributed by atoms with E-state index in [9.17, 15) is 4.79 Å². The average Bonchev–Trinajstić information content (AvgIpc) is 2.39. The lowest BCUT2D eigenvalue weighted by molar-refractivity contribution is -0.140. The van der Waals surface area contributed by atoms with E-state index in [1.807, 2.05) is 0 Å². The first-order valence-electron chi connectivity index (χ1n) is 7.18. The molecule has 0 aromatic carbocycles. The molecule has 0 radical (unpaired) electrons. The van der Waals surface area contributed by atoms with Crippen LogP contribution in [0.2, 0.25) is 0 Å². The largest absolute Gasteiger partial charge is 0.465 e. The van der Waals surface area contributed by atoms with Crippen molar-refractivity contribution in [2.75, 3.05) is 19.0 Å². The predicted octanol–water partition coefficient (Wildman–Crippen LogP) is 3.35. The zero-order valence-electron chi connectivity index (χ0n) is 11.4. The fourth-order valence-corrected chi connectivity index (χ4v) is 1.95. The van der Waals surface area contributed by atoms with E-state index in [1.165, 1.54) is 38.5 Å². The highest BCUT2D eigenvalue weighted by Gasteiger charge is 1.97. The summed E-state index contributed by atoms with van der Waals surface area (Å²) in [5, 5.41) is 8.62. The third-order valence-corrected chi connectivity index (χ3v) is 3.20. The normalized spacial score (nSPS) is 10.6. The van der Waals surface area contributed by atoms with Crippen molar-refractivity contribution in [3.63, 3.8) is 0 Å². The molecule has 0 aromatic rings. The minimum Gasteiger partial charge on any atom is -0.465 e. The lowest BCUT2D eigenvalue weighted by atomic mass is 10.1. The van der Waals surface area contributed by atoms with Crippen molar-refractivity contribution in [3.05, 3.63) is 0 Å². The van der Waals surface area contributed by atoms with E-state index < -0.39 is 0 Å². The Kier molecular flexibility index (Phi) is 14.7. The van der Waals surface area contributed by atoms with Crippen molar-refractivity contribution in [1.29, 1.82) is 0 Å². The summed E-state index contributed by atoms with van der Waals surface area (Å²) in [4.78, 5) is 10.8. The van der Waals surface area contributed by atoms with Gasteiger partial charge in [0.2, 0.25) is 0 Å². The number of aliphatic hydroxyl groups excluding tert-OH is 1. The van der Waals surface area contributed by atoms with Gasteiger partial charge < -0.3 is 9.84 Å². The Bertz CT molecular complexity index is 186. The van der Waals surface area contributed by atoms with Crippen molar-refractivity contribution in [2.24, 2.45) is 0 Å². The van der Waals surface area contributed by atoms with Gasteiger partial charge in [-0.2, -0.15) is 12.6 Å². The van der Waals surface area contributed by atoms with Gasteiger partial charge in [0.15, 0.2) is 0 Å². The summed E-state index contributed by atoms with van der Waals surface area (Å²) in [6.45, 7) is 0.873. The molecule has 0 fully saturated rings. The maximum atomic E-state index is 10.8. The first-order chi connectivity index (χ1) is 8.81. The highest BCUT2D eigenvalue weighted by Crippen LogP contribution is 2.10. The molecule has 0 amide bonds. The molecule has 0 aliphatic rings. The molecular weight excluding hydrogens is 248 g/mol. The minimum absolute atomic E-state index is 0.177. The Morgan fingerprint density at radius 3 is 1.72 bits per heavy atom. The van der Waals surface area contributed by atoms with Crippen LogP contribution in [0, 0.1) is 0 Å². The lowest BCUT2D eigenvalue weighted by Gasteiger charge is -2.03. The number of thiol groups is 1. The number of carbonyl (C=O) groups excluding carboxylic acids is 1.